The van der Waals surface area contributed by atoms with E-state index in [2.05, 4.69) is 30.5 Å². The molecule has 0 unspecified atom stereocenters. The van der Waals surface area contributed by atoms with Crippen molar-refractivity contribution in [1.82, 2.24) is 34.5 Å². The molecule has 0 saturated carbocycles. The molecule has 0 atom stereocenters. The van der Waals surface area contributed by atoms with Gasteiger partial charge in [0, 0.05) is 43.1 Å². The summed E-state index contributed by atoms with van der Waals surface area (Å²) in [5.74, 6) is 1.14. The Balaban J connectivity index is 1.57. The number of rotatable bonds is 5. The molecular weight excluding hydrogens is 384 g/mol. The van der Waals surface area contributed by atoms with Gasteiger partial charge in [-0.05, 0) is 18.2 Å². The van der Waals surface area contributed by atoms with Crippen molar-refractivity contribution in [2.75, 3.05) is 5.32 Å². The molecule has 0 spiro atoms. The fourth-order valence-corrected chi connectivity index (χ4v) is 2.82. The molecule has 4 rings (SSSR count). The lowest BCUT2D eigenvalue weighted by molar-refractivity contribution is 0.775. The summed E-state index contributed by atoms with van der Waals surface area (Å²) in [7, 11) is 1.80. The van der Waals surface area contributed by atoms with Crippen LogP contribution in [0.4, 0.5) is 11.8 Å². The Bertz CT molecular complexity index is 1330. The van der Waals surface area contributed by atoms with E-state index in [-0.39, 0.29) is 23.3 Å². The van der Waals surface area contributed by atoms with Gasteiger partial charge in [-0.1, -0.05) is 6.07 Å². The fourth-order valence-electron chi connectivity index (χ4n) is 2.82. The first kappa shape index (κ1) is 18.9. The van der Waals surface area contributed by atoms with Gasteiger partial charge in [0.15, 0.2) is 0 Å². The minimum absolute atomic E-state index is 0.00427. The van der Waals surface area contributed by atoms with Crippen molar-refractivity contribution in [3.63, 3.8) is 0 Å². The van der Waals surface area contributed by atoms with Crippen LogP contribution < -0.4 is 16.4 Å². The summed E-state index contributed by atoms with van der Waals surface area (Å²) in [5.41, 5.74) is 1.36. The van der Waals surface area contributed by atoms with Gasteiger partial charge in [0.1, 0.15) is 17.1 Å². The number of hydrogen-bond donors (Lipinski definition) is 4. The fraction of sp³-hybridized carbons (Fsp3) is 0.105. The molecule has 4 N–H and O–H groups in total. The highest BCUT2D eigenvalue weighted by atomic mass is 16.1. The van der Waals surface area contributed by atoms with E-state index >= 15 is 0 Å². The Hall–Kier alpha value is -4.41. The van der Waals surface area contributed by atoms with Crippen LogP contribution in [0.3, 0.4) is 0 Å². The smallest absolute Gasteiger partial charge is 0.251 e. The molecule has 0 amide bonds. The van der Waals surface area contributed by atoms with Crippen LogP contribution in [0.2, 0.25) is 0 Å². The zero-order chi connectivity index (χ0) is 21.1. The van der Waals surface area contributed by atoms with Crippen molar-refractivity contribution in [2.45, 2.75) is 6.42 Å². The first-order chi connectivity index (χ1) is 14.5. The summed E-state index contributed by atoms with van der Waals surface area (Å²) < 4.78 is 2.83. The van der Waals surface area contributed by atoms with Crippen LogP contribution in [0.25, 0.3) is 11.3 Å². The summed E-state index contributed by atoms with van der Waals surface area (Å²) in [6.07, 6.45) is 6.39. The number of aromatic amines is 1. The maximum Gasteiger partial charge on any atom is 0.251 e. The third-order valence-corrected chi connectivity index (χ3v) is 4.36. The van der Waals surface area contributed by atoms with Crippen LogP contribution >= 0.6 is 0 Å². The van der Waals surface area contributed by atoms with Gasteiger partial charge >= 0.3 is 0 Å². The molecule has 4 aromatic heterocycles. The molecule has 0 aromatic carbocycles. The molecule has 150 valence electrons. The van der Waals surface area contributed by atoms with E-state index in [1.54, 1.807) is 54.5 Å². The van der Waals surface area contributed by atoms with Crippen LogP contribution in [0, 0.1) is 10.8 Å². The molecule has 30 heavy (non-hydrogen) atoms. The zero-order valence-corrected chi connectivity index (χ0v) is 16.0. The minimum Gasteiger partial charge on any atom is -0.329 e. The van der Waals surface area contributed by atoms with Crippen molar-refractivity contribution >= 4 is 17.6 Å². The summed E-state index contributed by atoms with van der Waals surface area (Å²) in [4.78, 5) is 23.1. The highest BCUT2D eigenvalue weighted by molar-refractivity contribution is 5.82. The standard InChI is InChI=1S/C19H18N10O/c1-28-17(5-8-24-28)27-19-23-7-4-14(26-19)13-10-16(21)29(25-11-13)15(20)9-12-3-2-6-22-18(12)30/h2-8,10-11,20-21H,9H2,1H3,(H,22,30)(H,23,26,27). The maximum absolute atomic E-state index is 11.8. The zero-order valence-electron chi connectivity index (χ0n) is 16.0. The maximum atomic E-state index is 11.8. The number of nitrogens with one attached hydrogen (secondary N) is 4. The van der Waals surface area contributed by atoms with Gasteiger partial charge < -0.3 is 10.3 Å². The molecule has 0 radical (unpaired) electrons. The predicted molar refractivity (Wildman–Crippen MR) is 109 cm³/mol. The molecule has 4 aromatic rings. The monoisotopic (exact) mass is 402 g/mol. The molecule has 0 saturated heterocycles. The predicted octanol–water partition coefficient (Wildman–Crippen LogP) is 1.05. The first-order valence-electron chi connectivity index (χ1n) is 8.98. The van der Waals surface area contributed by atoms with Crippen LogP contribution in [-0.2, 0) is 13.5 Å². The third-order valence-electron chi connectivity index (χ3n) is 4.36. The molecule has 4 heterocycles. The molecule has 0 aliphatic heterocycles. The van der Waals surface area contributed by atoms with Gasteiger partial charge in [0.25, 0.3) is 5.56 Å². The Morgan fingerprint density at radius 3 is 2.83 bits per heavy atom. The van der Waals surface area contributed by atoms with Crippen LogP contribution in [0.5, 0.6) is 0 Å². The lowest BCUT2D eigenvalue weighted by atomic mass is 10.2. The lowest BCUT2D eigenvalue weighted by Crippen LogP contribution is -2.31. The topological polar surface area (TPSA) is 154 Å². The number of hydrogen-bond acceptors (Lipinski definition) is 8. The summed E-state index contributed by atoms with van der Waals surface area (Å²) >= 11 is 0. The van der Waals surface area contributed by atoms with E-state index < -0.39 is 0 Å². The van der Waals surface area contributed by atoms with Crippen molar-refractivity contribution < 1.29 is 0 Å². The van der Waals surface area contributed by atoms with E-state index in [4.69, 9.17) is 10.8 Å². The highest BCUT2D eigenvalue weighted by Gasteiger charge is 2.10. The third kappa shape index (κ3) is 3.90. The quantitative estimate of drug-likeness (QED) is 0.289. The van der Waals surface area contributed by atoms with E-state index in [9.17, 15) is 4.79 Å². The van der Waals surface area contributed by atoms with Gasteiger partial charge in [-0.15, -0.1) is 0 Å². The molecule has 0 aliphatic carbocycles. The van der Waals surface area contributed by atoms with Gasteiger partial charge in [-0.3, -0.25) is 20.3 Å². The van der Waals surface area contributed by atoms with E-state index in [0.717, 1.165) is 5.82 Å². The van der Waals surface area contributed by atoms with Gasteiger partial charge in [0.2, 0.25) is 5.95 Å². The normalized spacial score (nSPS) is 10.7. The second-order valence-corrected chi connectivity index (χ2v) is 6.42. The minimum atomic E-state index is -0.263. The van der Waals surface area contributed by atoms with Crippen LogP contribution in [0.1, 0.15) is 5.56 Å². The number of aromatic nitrogens is 7. The average molecular weight is 402 g/mol. The largest absolute Gasteiger partial charge is 0.329 e. The van der Waals surface area contributed by atoms with E-state index in [1.807, 2.05) is 0 Å². The second kappa shape index (κ2) is 7.91. The van der Waals surface area contributed by atoms with Gasteiger partial charge in [0.05, 0.1) is 18.1 Å². The molecule has 0 bridgehead atoms. The highest BCUT2D eigenvalue weighted by Crippen LogP contribution is 2.17. The first-order valence-corrected chi connectivity index (χ1v) is 8.98. The SMILES string of the molecule is Cn1nccc1Nc1nccc(-c2cnn(C(=N)Cc3ccc[nH]c3=O)c(=N)c2)n1. The number of H-pyrrole nitrogens is 1. The Morgan fingerprint density at radius 1 is 1.23 bits per heavy atom. The van der Waals surface area contributed by atoms with E-state index in [1.165, 1.54) is 17.1 Å². The average Bonchev–Trinajstić information content (AvgIpc) is 3.14. The molecule has 0 fully saturated rings. The van der Waals surface area contributed by atoms with Crippen LogP contribution in [0.15, 0.2) is 59.9 Å². The number of aryl methyl sites for hydroxylation is 1. The van der Waals surface area contributed by atoms with Gasteiger partial charge in [-0.25, -0.2) is 14.6 Å². The molecule has 0 aliphatic rings. The summed E-state index contributed by atoms with van der Waals surface area (Å²) in [5, 5.41) is 27.8. The van der Waals surface area contributed by atoms with E-state index in [0.29, 0.717) is 22.8 Å². The van der Waals surface area contributed by atoms with Crippen molar-refractivity contribution in [2.24, 2.45) is 7.05 Å². The van der Waals surface area contributed by atoms with Crippen molar-refractivity contribution in [3.05, 3.63) is 76.5 Å². The number of anilines is 2. The summed E-state index contributed by atoms with van der Waals surface area (Å²) in [6, 6.07) is 8.41. The molecule has 11 nitrogen and oxygen atoms in total. The Kier molecular flexibility index (Phi) is 4.99. The second-order valence-electron chi connectivity index (χ2n) is 6.42. The lowest BCUT2D eigenvalue weighted by Gasteiger charge is -2.09. The van der Waals surface area contributed by atoms with Gasteiger partial charge in [-0.2, -0.15) is 10.2 Å². The van der Waals surface area contributed by atoms with Crippen LogP contribution in [-0.4, -0.2) is 40.3 Å². The molecule has 11 heteroatoms. The van der Waals surface area contributed by atoms with Crippen molar-refractivity contribution in [1.29, 1.82) is 10.8 Å². The number of pyridine rings is 1. The Labute approximate surface area is 170 Å². The Morgan fingerprint density at radius 2 is 2.10 bits per heavy atom. The van der Waals surface area contributed by atoms with Crippen molar-refractivity contribution in [3.8, 4) is 11.3 Å². The molecular formula is C19H18N10O. The number of nitrogens with zero attached hydrogens (tertiary/aromatic N) is 6. The summed E-state index contributed by atoms with van der Waals surface area (Å²) in [6.45, 7) is 0.